The molecular weight excluding hydrogens is 461 g/mol. The summed E-state index contributed by atoms with van der Waals surface area (Å²) in [7, 11) is 7.53. The molecule has 0 atom stereocenters. The third kappa shape index (κ3) is 6.06. The molecule has 0 saturated carbocycles. The van der Waals surface area contributed by atoms with Crippen molar-refractivity contribution in [2.24, 2.45) is 0 Å². The van der Waals surface area contributed by atoms with Gasteiger partial charge in [0.2, 0.25) is 0 Å². The van der Waals surface area contributed by atoms with Gasteiger partial charge >= 0.3 is 0 Å². The largest absolute Gasteiger partial charge is 0.229 e. The van der Waals surface area contributed by atoms with Crippen molar-refractivity contribution in [2.45, 2.75) is 34.4 Å². The Balaban J connectivity index is 1.03. The van der Waals surface area contributed by atoms with Crippen molar-refractivity contribution in [3.05, 3.63) is 48.5 Å². The molecule has 0 amide bonds. The first-order valence-corrected chi connectivity index (χ1v) is 15.5. The van der Waals surface area contributed by atoms with E-state index in [1.807, 2.05) is 43.2 Å². The average molecular weight is 481 g/mol. The van der Waals surface area contributed by atoms with Crippen LogP contribution in [-0.4, -0.2) is 21.5 Å². The zero-order chi connectivity index (χ0) is 19.0. The fraction of sp³-hybridized carbons (Fsp3) is 0.300. The molecule has 0 aliphatic rings. The van der Waals surface area contributed by atoms with Crippen molar-refractivity contribution in [3.8, 4) is 0 Å². The van der Waals surface area contributed by atoms with Crippen LogP contribution in [0.1, 0.15) is 25.7 Å². The molecule has 2 nitrogen and oxygen atoms in total. The van der Waals surface area contributed by atoms with Crippen molar-refractivity contribution < 1.29 is 0 Å². The van der Waals surface area contributed by atoms with Gasteiger partial charge < -0.3 is 0 Å². The number of hydrogen-bond donors (Lipinski definition) is 0. The van der Waals surface area contributed by atoms with Crippen LogP contribution in [0.3, 0.4) is 0 Å². The maximum Gasteiger partial charge on any atom is 0.161 e. The van der Waals surface area contributed by atoms with Gasteiger partial charge in [0.05, 0.1) is 20.4 Å². The van der Waals surface area contributed by atoms with Crippen LogP contribution in [0.15, 0.2) is 57.2 Å². The summed E-state index contributed by atoms with van der Waals surface area (Å²) in [5, 5.41) is 0. The van der Waals surface area contributed by atoms with Gasteiger partial charge in [0, 0.05) is 11.5 Å². The predicted molar refractivity (Wildman–Crippen MR) is 134 cm³/mol. The molecule has 0 N–H and O–H groups in total. The molecule has 0 spiro atoms. The fourth-order valence-corrected chi connectivity index (χ4v) is 9.64. The second kappa shape index (κ2) is 11.1. The van der Waals surface area contributed by atoms with Crippen molar-refractivity contribution >= 4 is 86.3 Å². The number of fused-ring (bicyclic) bond motifs is 2. The highest BCUT2D eigenvalue weighted by atomic mass is 33.1. The molecule has 2 aromatic heterocycles. The van der Waals surface area contributed by atoms with Gasteiger partial charge in [-0.25, -0.2) is 9.97 Å². The SMILES string of the molecule is c1ccc2sc(SSCCCCCCSSc3nc4ccccc4s3)nc2c1. The van der Waals surface area contributed by atoms with Crippen LogP contribution in [0, 0.1) is 0 Å². The van der Waals surface area contributed by atoms with E-state index < -0.39 is 0 Å². The van der Waals surface area contributed by atoms with E-state index >= 15 is 0 Å². The number of unbranched alkanes of at least 4 members (excludes halogenated alkanes) is 3. The zero-order valence-corrected chi connectivity index (χ0v) is 20.1. The minimum atomic E-state index is 1.12. The maximum atomic E-state index is 4.67. The summed E-state index contributed by atoms with van der Waals surface area (Å²) in [6.07, 6.45) is 5.22. The molecular formula is C20H20N2S6. The molecule has 2 heterocycles. The molecule has 2 aromatic carbocycles. The van der Waals surface area contributed by atoms with E-state index in [-0.39, 0.29) is 0 Å². The first kappa shape index (κ1) is 20.9. The first-order chi connectivity index (χ1) is 13.9. The van der Waals surface area contributed by atoms with Crippen molar-refractivity contribution in [3.63, 3.8) is 0 Å². The van der Waals surface area contributed by atoms with E-state index in [1.54, 1.807) is 22.7 Å². The number of hydrogen-bond acceptors (Lipinski definition) is 8. The normalized spacial score (nSPS) is 11.6. The van der Waals surface area contributed by atoms with Gasteiger partial charge in [-0.2, -0.15) is 0 Å². The quantitative estimate of drug-likeness (QED) is 0.157. The Kier molecular flexibility index (Phi) is 8.30. The highest BCUT2D eigenvalue weighted by Crippen LogP contribution is 2.38. The maximum absolute atomic E-state index is 4.67. The lowest BCUT2D eigenvalue weighted by Gasteiger charge is -2.00. The van der Waals surface area contributed by atoms with E-state index in [0.717, 1.165) is 11.0 Å². The van der Waals surface area contributed by atoms with Crippen molar-refractivity contribution in [1.29, 1.82) is 0 Å². The van der Waals surface area contributed by atoms with Gasteiger partial charge in [-0.3, -0.25) is 0 Å². The van der Waals surface area contributed by atoms with E-state index in [9.17, 15) is 0 Å². The van der Waals surface area contributed by atoms with Crippen molar-refractivity contribution in [1.82, 2.24) is 9.97 Å². The van der Waals surface area contributed by atoms with E-state index in [2.05, 4.69) is 58.5 Å². The Morgan fingerprint density at radius 3 is 1.54 bits per heavy atom. The molecule has 4 rings (SSSR count). The second-order valence-electron chi connectivity index (χ2n) is 6.12. The van der Waals surface area contributed by atoms with Crippen LogP contribution in [0.4, 0.5) is 0 Å². The molecule has 0 unspecified atom stereocenters. The Morgan fingerprint density at radius 1 is 0.607 bits per heavy atom. The van der Waals surface area contributed by atoms with Crippen LogP contribution in [0.25, 0.3) is 20.4 Å². The molecule has 0 radical (unpaired) electrons. The van der Waals surface area contributed by atoms with Crippen LogP contribution in [-0.2, 0) is 0 Å². The molecule has 0 saturated heterocycles. The molecule has 0 fully saturated rings. The Labute approximate surface area is 189 Å². The number of aromatic nitrogens is 2. The summed E-state index contributed by atoms with van der Waals surface area (Å²) in [6, 6.07) is 16.7. The summed E-state index contributed by atoms with van der Waals surface area (Å²) in [4.78, 5) is 9.34. The third-order valence-electron chi connectivity index (χ3n) is 4.01. The lowest BCUT2D eigenvalue weighted by Crippen LogP contribution is -1.82. The van der Waals surface area contributed by atoms with Crippen LogP contribution in [0.5, 0.6) is 0 Å². The van der Waals surface area contributed by atoms with Gasteiger partial charge in [0.15, 0.2) is 8.68 Å². The van der Waals surface area contributed by atoms with Gasteiger partial charge in [0.1, 0.15) is 0 Å². The average Bonchev–Trinajstić information content (AvgIpc) is 3.32. The predicted octanol–water partition coefficient (Wildman–Crippen LogP) is 8.65. The molecule has 8 heteroatoms. The second-order valence-corrected chi connectivity index (χ2v) is 13.5. The standard InChI is InChI=1S/C20H20N2S6/c1(7-13-23-27-19-21-15-9-3-5-11-17(15)25-19)2-8-14-24-28-20-22-16-10-4-6-12-18(16)26-20/h3-6,9-12H,1-2,7-8,13-14H2. The van der Waals surface area contributed by atoms with Crippen LogP contribution in [0.2, 0.25) is 0 Å². The Hall–Kier alpha value is -0.380. The summed E-state index contributed by atoms with van der Waals surface area (Å²) in [5.41, 5.74) is 2.24. The highest BCUT2D eigenvalue weighted by molar-refractivity contribution is 8.77. The molecule has 28 heavy (non-hydrogen) atoms. The minimum absolute atomic E-state index is 1.12. The summed E-state index contributed by atoms with van der Waals surface area (Å²) < 4.78 is 4.92. The lowest BCUT2D eigenvalue weighted by molar-refractivity contribution is 0.712. The Bertz CT molecular complexity index is 864. The molecule has 0 aliphatic carbocycles. The van der Waals surface area contributed by atoms with Crippen LogP contribution < -0.4 is 0 Å². The number of benzene rings is 2. The van der Waals surface area contributed by atoms with Crippen molar-refractivity contribution in [2.75, 3.05) is 11.5 Å². The number of para-hydroxylation sites is 2. The molecule has 146 valence electrons. The molecule has 0 bridgehead atoms. The van der Waals surface area contributed by atoms with E-state index in [0.29, 0.717) is 0 Å². The summed E-state index contributed by atoms with van der Waals surface area (Å²) in [5.74, 6) is 2.41. The molecule has 0 aliphatic heterocycles. The van der Waals surface area contributed by atoms with Crippen LogP contribution >= 0.6 is 65.8 Å². The fourth-order valence-electron chi connectivity index (χ4n) is 2.63. The van der Waals surface area contributed by atoms with Gasteiger partial charge in [-0.05, 0) is 58.7 Å². The van der Waals surface area contributed by atoms with Gasteiger partial charge in [0.25, 0.3) is 0 Å². The topological polar surface area (TPSA) is 25.8 Å². The summed E-state index contributed by atoms with van der Waals surface area (Å²) in [6.45, 7) is 0. The zero-order valence-electron chi connectivity index (χ0n) is 15.2. The number of rotatable bonds is 11. The number of thiazole rings is 2. The monoisotopic (exact) mass is 480 g/mol. The third-order valence-corrected chi connectivity index (χ3v) is 11.6. The smallest absolute Gasteiger partial charge is 0.161 e. The van der Waals surface area contributed by atoms with Gasteiger partial charge in [-0.1, -0.05) is 58.7 Å². The van der Waals surface area contributed by atoms with E-state index in [1.165, 1.54) is 55.3 Å². The summed E-state index contributed by atoms with van der Waals surface area (Å²) >= 11 is 3.59. The first-order valence-electron chi connectivity index (χ1n) is 9.18. The lowest BCUT2D eigenvalue weighted by atomic mass is 10.2. The minimum Gasteiger partial charge on any atom is -0.229 e. The Morgan fingerprint density at radius 2 is 1.07 bits per heavy atom. The van der Waals surface area contributed by atoms with E-state index in [4.69, 9.17) is 0 Å². The number of nitrogens with zero attached hydrogens (tertiary/aromatic N) is 2. The highest BCUT2D eigenvalue weighted by Gasteiger charge is 2.05. The molecule has 4 aromatic rings. The van der Waals surface area contributed by atoms with Gasteiger partial charge in [-0.15, -0.1) is 22.7 Å².